The quantitative estimate of drug-likeness (QED) is 0.187. The van der Waals surface area contributed by atoms with Gasteiger partial charge in [0.15, 0.2) is 0 Å². The van der Waals surface area contributed by atoms with Crippen molar-refractivity contribution in [3.8, 4) is 39.3 Å². The second-order valence-electron chi connectivity index (χ2n) is 13.0. The predicted octanol–water partition coefficient (Wildman–Crippen LogP) is 12.8. The molecule has 0 aliphatic heterocycles. The van der Waals surface area contributed by atoms with Crippen LogP contribution in [0.1, 0.15) is 0 Å². The predicted molar refractivity (Wildman–Crippen MR) is 213 cm³/mol. The van der Waals surface area contributed by atoms with Gasteiger partial charge in [0.05, 0.1) is 16.7 Å². The average Bonchev–Trinajstić information content (AvgIpc) is 3.86. The zero-order valence-corrected chi connectivity index (χ0v) is 28.1. The number of furan rings is 1. The molecule has 51 heavy (non-hydrogen) atoms. The first-order valence-electron chi connectivity index (χ1n) is 17.1. The first-order chi connectivity index (χ1) is 25.3. The van der Waals surface area contributed by atoms with E-state index in [0.29, 0.717) is 5.71 Å². The molecule has 0 bridgehead atoms. The molecule has 0 radical (unpaired) electrons. The molecule has 0 aliphatic carbocycles. The van der Waals surface area contributed by atoms with Crippen molar-refractivity contribution in [3.63, 3.8) is 0 Å². The minimum Gasteiger partial charge on any atom is -0.436 e. The van der Waals surface area contributed by atoms with Gasteiger partial charge in [-0.2, -0.15) is 0 Å². The Kier molecular flexibility index (Phi) is 6.09. The van der Waals surface area contributed by atoms with E-state index in [4.69, 9.17) is 14.4 Å². The van der Waals surface area contributed by atoms with Crippen molar-refractivity contribution in [1.82, 2.24) is 14.5 Å². The van der Waals surface area contributed by atoms with E-state index in [1.807, 2.05) is 47.7 Å². The molecule has 4 nitrogen and oxygen atoms in total. The molecular weight excluding hydrogens is 643 g/mol. The van der Waals surface area contributed by atoms with Crippen LogP contribution in [0.15, 0.2) is 168 Å². The van der Waals surface area contributed by atoms with Crippen LogP contribution < -0.4 is 0 Å². The molecule has 11 rings (SSSR count). The minimum absolute atomic E-state index is 0.542. The molecule has 5 heteroatoms. The van der Waals surface area contributed by atoms with Gasteiger partial charge < -0.3 is 8.98 Å². The lowest BCUT2D eigenvalue weighted by molar-refractivity contribution is 0.653. The summed E-state index contributed by atoms with van der Waals surface area (Å²) < 4.78 is 11.2. The van der Waals surface area contributed by atoms with Crippen molar-refractivity contribution in [2.75, 3.05) is 0 Å². The Morgan fingerprint density at radius 2 is 1.02 bits per heavy atom. The van der Waals surface area contributed by atoms with E-state index in [-0.39, 0.29) is 0 Å². The van der Waals surface area contributed by atoms with E-state index >= 15 is 0 Å². The molecule has 4 heterocycles. The van der Waals surface area contributed by atoms with Gasteiger partial charge in [-0.1, -0.05) is 97.1 Å². The summed E-state index contributed by atoms with van der Waals surface area (Å²) in [7, 11) is 0. The van der Waals surface area contributed by atoms with Crippen molar-refractivity contribution in [3.05, 3.63) is 164 Å². The van der Waals surface area contributed by atoms with Crippen molar-refractivity contribution in [2.24, 2.45) is 0 Å². The van der Waals surface area contributed by atoms with Gasteiger partial charge in [-0.15, -0.1) is 11.3 Å². The van der Waals surface area contributed by atoms with Crippen LogP contribution in [0.25, 0.3) is 104 Å². The number of nitrogens with zero attached hydrogens (tertiary/aromatic N) is 3. The third kappa shape index (κ3) is 4.38. The molecule has 0 fully saturated rings. The Morgan fingerprint density at radius 3 is 1.82 bits per heavy atom. The second-order valence-corrected chi connectivity index (χ2v) is 14.1. The van der Waals surface area contributed by atoms with Gasteiger partial charge in [-0.3, -0.25) is 0 Å². The number of hydrogen-bond acceptors (Lipinski definition) is 4. The number of aromatic nitrogens is 3. The van der Waals surface area contributed by atoms with E-state index in [0.717, 1.165) is 61.1 Å². The van der Waals surface area contributed by atoms with Gasteiger partial charge in [0.1, 0.15) is 16.8 Å². The zero-order valence-electron chi connectivity index (χ0n) is 27.2. The lowest BCUT2D eigenvalue weighted by Crippen LogP contribution is -1.95. The number of benzene rings is 7. The number of hydrogen-bond donors (Lipinski definition) is 0. The third-order valence-electron chi connectivity index (χ3n) is 10.0. The summed E-state index contributed by atoms with van der Waals surface area (Å²) in [6.07, 6.45) is 0. The molecule has 0 saturated carbocycles. The normalized spacial score (nSPS) is 11.9. The molecule has 0 amide bonds. The highest BCUT2D eigenvalue weighted by Crippen LogP contribution is 2.41. The van der Waals surface area contributed by atoms with Crippen LogP contribution in [-0.4, -0.2) is 14.5 Å². The maximum atomic E-state index is 6.21. The van der Waals surface area contributed by atoms with Gasteiger partial charge in [0.25, 0.3) is 0 Å². The summed E-state index contributed by atoms with van der Waals surface area (Å²) in [6, 6.07) is 58.1. The highest BCUT2D eigenvalue weighted by atomic mass is 32.1. The fourth-order valence-corrected chi connectivity index (χ4v) is 8.72. The van der Waals surface area contributed by atoms with Gasteiger partial charge >= 0.3 is 0 Å². The van der Waals surface area contributed by atoms with Crippen LogP contribution >= 0.6 is 11.3 Å². The van der Waals surface area contributed by atoms with Crippen LogP contribution in [0.2, 0.25) is 0 Å². The Hall–Kier alpha value is -6.56. The highest BCUT2D eigenvalue weighted by Gasteiger charge is 2.20. The lowest BCUT2D eigenvalue weighted by atomic mass is 9.99. The fraction of sp³-hybridized carbons (Fsp3) is 0. The summed E-state index contributed by atoms with van der Waals surface area (Å²) in [5, 5.41) is 5.92. The molecule has 0 aliphatic rings. The Labute approximate surface area is 296 Å². The molecule has 4 aromatic heterocycles. The summed E-state index contributed by atoms with van der Waals surface area (Å²) in [5.74, 6) is 0. The van der Waals surface area contributed by atoms with Crippen LogP contribution in [0.3, 0.4) is 0 Å². The zero-order chi connectivity index (χ0) is 33.5. The van der Waals surface area contributed by atoms with Crippen molar-refractivity contribution >= 4 is 75.5 Å². The van der Waals surface area contributed by atoms with Crippen LogP contribution in [0.4, 0.5) is 0 Å². The monoisotopic (exact) mass is 669 g/mol. The van der Waals surface area contributed by atoms with Crippen molar-refractivity contribution in [2.45, 2.75) is 0 Å². The Morgan fingerprint density at radius 1 is 0.431 bits per heavy atom. The number of para-hydroxylation sites is 2. The van der Waals surface area contributed by atoms with Gasteiger partial charge in [-0.25, -0.2) is 9.97 Å². The molecule has 11 aromatic rings. The summed E-state index contributed by atoms with van der Waals surface area (Å²) in [4.78, 5) is 10.4. The molecule has 0 spiro atoms. The highest BCUT2D eigenvalue weighted by molar-refractivity contribution is 7.25. The van der Waals surface area contributed by atoms with Gasteiger partial charge in [0.2, 0.25) is 5.71 Å². The summed E-state index contributed by atoms with van der Waals surface area (Å²) in [5.41, 5.74) is 11.5. The van der Waals surface area contributed by atoms with E-state index in [9.17, 15) is 0 Å². The van der Waals surface area contributed by atoms with Crippen LogP contribution in [-0.2, 0) is 0 Å². The molecular formula is C46H27N3OS. The first kappa shape index (κ1) is 28.3. The topological polar surface area (TPSA) is 43.9 Å². The number of fused-ring (bicyclic) bond motifs is 9. The standard InChI is InChI=1S/C46H27N3OS/c1-3-11-28(12-4-1)43-44(47-45-34-16-7-9-17-40(34)50-46(45)48-43)31-20-23-39-36(27-31)35-25-29(19-22-38(35)49(39)32-13-5-2-6-14-32)30-21-24-42-37(26-30)33-15-8-10-18-41(33)51-42/h1-27H. The minimum atomic E-state index is 0.542. The summed E-state index contributed by atoms with van der Waals surface area (Å²) >= 11 is 1.85. The number of rotatable bonds is 4. The maximum absolute atomic E-state index is 6.21. The van der Waals surface area contributed by atoms with E-state index in [1.165, 1.54) is 36.7 Å². The molecule has 238 valence electrons. The first-order valence-corrected chi connectivity index (χ1v) is 17.9. The van der Waals surface area contributed by atoms with Gasteiger partial charge in [-0.05, 0) is 77.9 Å². The molecule has 0 unspecified atom stereocenters. The molecule has 0 saturated heterocycles. The van der Waals surface area contributed by atoms with E-state index < -0.39 is 0 Å². The third-order valence-corrected chi connectivity index (χ3v) is 11.2. The molecule has 7 aromatic carbocycles. The Balaban J connectivity index is 1.17. The lowest BCUT2D eigenvalue weighted by Gasteiger charge is -2.10. The van der Waals surface area contributed by atoms with Crippen molar-refractivity contribution in [1.29, 1.82) is 0 Å². The largest absolute Gasteiger partial charge is 0.436 e. The van der Waals surface area contributed by atoms with Gasteiger partial charge in [0, 0.05) is 53.1 Å². The van der Waals surface area contributed by atoms with Crippen LogP contribution in [0, 0.1) is 0 Å². The number of thiophene rings is 1. The smallest absolute Gasteiger partial charge is 0.246 e. The van der Waals surface area contributed by atoms with Crippen molar-refractivity contribution < 1.29 is 4.42 Å². The SMILES string of the molecule is c1ccc(-c2nc3oc4ccccc4c3nc2-c2ccc3c(c2)c2cc(-c4ccc5sc6ccccc6c5c4)ccc2n3-c2ccccc2)cc1. The average molecular weight is 670 g/mol. The van der Waals surface area contributed by atoms with Crippen LogP contribution in [0.5, 0.6) is 0 Å². The molecule has 0 N–H and O–H groups in total. The van der Waals surface area contributed by atoms with E-state index in [2.05, 4.69) is 132 Å². The fourth-order valence-electron chi connectivity index (χ4n) is 7.63. The molecule has 0 atom stereocenters. The Bertz CT molecular complexity index is 3140. The van der Waals surface area contributed by atoms with E-state index in [1.54, 1.807) is 0 Å². The summed E-state index contributed by atoms with van der Waals surface area (Å²) in [6.45, 7) is 0. The second kappa shape index (κ2) is 11.0. The maximum Gasteiger partial charge on any atom is 0.246 e.